The third-order valence-electron chi connectivity index (χ3n) is 4.25. The second-order valence-electron chi connectivity index (χ2n) is 6.51. The van der Waals surface area contributed by atoms with Crippen LogP contribution in [0.2, 0.25) is 0 Å². The van der Waals surface area contributed by atoms with Gasteiger partial charge in [0.2, 0.25) is 5.95 Å². The van der Waals surface area contributed by atoms with Crippen LogP contribution in [0.15, 0.2) is 54.6 Å². The highest BCUT2D eigenvalue weighted by atomic mass is 16.5. The molecule has 0 atom stereocenters. The molecule has 0 aliphatic rings. The van der Waals surface area contributed by atoms with Crippen molar-refractivity contribution in [2.45, 2.75) is 20.4 Å². The molecule has 0 saturated heterocycles. The number of carbonyl (C=O) groups excluding carboxylic acids is 2. The molecule has 3 aromatic rings. The third-order valence-corrected chi connectivity index (χ3v) is 4.25. The highest BCUT2D eigenvalue weighted by Crippen LogP contribution is 2.16. The number of ether oxygens (including phenoxy) is 1. The minimum Gasteiger partial charge on any atom is -0.497 e. The lowest BCUT2D eigenvalue weighted by Gasteiger charge is -2.09. The SMILES string of the molecule is COc1ccc(CNC(=O)c2cc(C)nc(Nc3ccc(C(C)=O)cc3)n2)cc1. The van der Waals surface area contributed by atoms with Gasteiger partial charge in [-0.2, -0.15) is 0 Å². The lowest BCUT2D eigenvalue weighted by atomic mass is 10.1. The molecule has 29 heavy (non-hydrogen) atoms. The summed E-state index contributed by atoms with van der Waals surface area (Å²) < 4.78 is 5.13. The molecule has 2 N–H and O–H groups in total. The molecule has 0 aliphatic heterocycles. The Bertz CT molecular complexity index is 1020. The molecular formula is C22H22N4O3. The first kappa shape index (κ1) is 20.0. The van der Waals surface area contributed by atoms with E-state index in [4.69, 9.17) is 4.74 Å². The zero-order valence-electron chi connectivity index (χ0n) is 16.5. The zero-order valence-corrected chi connectivity index (χ0v) is 16.5. The van der Waals surface area contributed by atoms with Crippen LogP contribution in [0.4, 0.5) is 11.6 Å². The summed E-state index contributed by atoms with van der Waals surface area (Å²) in [6.07, 6.45) is 0. The van der Waals surface area contributed by atoms with Gasteiger partial charge in [-0.15, -0.1) is 0 Å². The number of benzene rings is 2. The van der Waals surface area contributed by atoms with Gasteiger partial charge in [-0.3, -0.25) is 9.59 Å². The summed E-state index contributed by atoms with van der Waals surface area (Å²) in [6, 6.07) is 16.1. The van der Waals surface area contributed by atoms with Crippen molar-refractivity contribution < 1.29 is 14.3 Å². The molecule has 0 spiro atoms. The molecule has 0 bridgehead atoms. The standard InChI is InChI=1S/C22H22N4O3/c1-14-12-20(21(28)23-13-16-4-10-19(29-3)11-5-16)26-22(24-14)25-18-8-6-17(7-9-18)15(2)27/h4-12H,13H2,1-3H3,(H,23,28)(H,24,25,26). The molecule has 3 rings (SSSR count). The van der Waals surface area contributed by atoms with E-state index in [-0.39, 0.29) is 17.4 Å². The zero-order chi connectivity index (χ0) is 20.8. The number of rotatable bonds is 7. The van der Waals surface area contributed by atoms with Crippen molar-refractivity contribution in [3.8, 4) is 5.75 Å². The van der Waals surface area contributed by atoms with Crippen LogP contribution in [0.1, 0.15) is 39.0 Å². The van der Waals surface area contributed by atoms with Crippen LogP contribution in [0.3, 0.4) is 0 Å². The molecule has 7 heteroatoms. The van der Waals surface area contributed by atoms with Crippen molar-refractivity contribution in [2.75, 3.05) is 12.4 Å². The van der Waals surface area contributed by atoms with E-state index in [1.165, 1.54) is 6.92 Å². The van der Waals surface area contributed by atoms with Crippen LogP contribution >= 0.6 is 0 Å². The van der Waals surface area contributed by atoms with E-state index in [1.54, 1.807) is 44.4 Å². The van der Waals surface area contributed by atoms with Crippen LogP contribution in [0.25, 0.3) is 0 Å². The van der Waals surface area contributed by atoms with E-state index in [0.29, 0.717) is 23.8 Å². The smallest absolute Gasteiger partial charge is 0.270 e. The number of ketones is 1. The van der Waals surface area contributed by atoms with Gasteiger partial charge in [0, 0.05) is 23.5 Å². The minimum absolute atomic E-state index is 0.000766. The topological polar surface area (TPSA) is 93.2 Å². The first-order valence-corrected chi connectivity index (χ1v) is 9.09. The van der Waals surface area contributed by atoms with Crippen LogP contribution in [0.5, 0.6) is 5.75 Å². The Kier molecular flexibility index (Phi) is 6.19. The van der Waals surface area contributed by atoms with Crippen molar-refractivity contribution in [3.63, 3.8) is 0 Å². The number of Topliss-reactive ketones (excluding diaryl/α,β-unsaturated/α-hetero) is 1. The van der Waals surface area contributed by atoms with Gasteiger partial charge in [-0.1, -0.05) is 12.1 Å². The van der Waals surface area contributed by atoms with E-state index in [2.05, 4.69) is 20.6 Å². The molecule has 0 fully saturated rings. The summed E-state index contributed by atoms with van der Waals surface area (Å²) in [5, 5.41) is 5.92. The van der Waals surface area contributed by atoms with E-state index >= 15 is 0 Å². The summed E-state index contributed by atoms with van der Waals surface area (Å²) in [7, 11) is 1.61. The monoisotopic (exact) mass is 390 g/mol. The second-order valence-corrected chi connectivity index (χ2v) is 6.51. The van der Waals surface area contributed by atoms with Gasteiger partial charge in [-0.25, -0.2) is 9.97 Å². The quantitative estimate of drug-likeness (QED) is 0.598. The van der Waals surface area contributed by atoms with E-state index in [9.17, 15) is 9.59 Å². The molecule has 1 heterocycles. The van der Waals surface area contributed by atoms with Gasteiger partial charge >= 0.3 is 0 Å². The van der Waals surface area contributed by atoms with Crippen molar-refractivity contribution in [1.29, 1.82) is 0 Å². The van der Waals surface area contributed by atoms with Gasteiger partial charge in [-0.05, 0) is 61.9 Å². The number of aromatic nitrogens is 2. The number of hydrogen-bond acceptors (Lipinski definition) is 6. The molecule has 1 amide bonds. The maximum absolute atomic E-state index is 12.5. The fraction of sp³-hybridized carbons (Fsp3) is 0.182. The molecule has 0 aliphatic carbocycles. The summed E-state index contributed by atoms with van der Waals surface area (Å²) in [4.78, 5) is 32.5. The average molecular weight is 390 g/mol. The van der Waals surface area contributed by atoms with E-state index in [0.717, 1.165) is 17.0 Å². The Morgan fingerprint density at radius 3 is 2.31 bits per heavy atom. The fourth-order valence-corrected chi connectivity index (χ4v) is 2.67. The van der Waals surface area contributed by atoms with Gasteiger partial charge in [0.05, 0.1) is 7.11 Å². The van der Waals surface area contributed by atoms with Crippen LogP contribution in [-0.4, -0.2) is 28.8 Å². The van der Waals surface area contributed by atoms with Gasteiger partial charge in [0.25, 0.3) is 5.91 Å². The maximum Gasteiger partial charge on any atom is 0.270 e. The normalized spacial score (nSPS) is 10.3. The van der Waals surface area contributed by atoms with Crippen molar-refractivity contribution in [1.82, 2.24) is 15.3 Å². The Morgan fingerprint density at radius 2 is 1.69 bits per heavy atom. The fourth-order valence-electron chi connectivity index (χ4n) is 2.67. The second kappa shape index (κ2) is 8.97. The lowest BCUT2D eigenvalue weighted by Crippen LogP contribution is -2.24. The number of hydrogen-bond donors (Lipinski definition) is 2. The number of carbonyl (C=O) groups is 2. The minimum atomic E-state index is -0.290. The Balaban J connectivity index is 1.68. The maximum atomic E-state index is 12.5. The number of amides is 1. The Morgan fingerprint density at radius 1 is 1.00 bits per heavy atom. The number of nitrogens with one attached hydrogen (secondary N) is 2. The first-order chi connectivity index (χ1) is 13.9. The number of nitrogens with zero attached hydrogens (tertiary/aromatic N) is 2. The highest BCUT2D eigenvalue weighted by Gasteiger charge is 2.11. The third kappa shape index (κ3) is 5.38. The number of anilines is 2. The van der Waals surface area contributed by atoms with Crippen LogP contribution < -0.4 is 15.4 Å². The molecule has 2 aromatic carbocycles. The molecule has 0 radical (unpaired) electrons. The number of methoxy groups -OCH3 is 1. The molecule has 7 nitrogen and oxygen atoms in total. The largest absolute Gasteiger partial charge is 0.497 e. The van der Waals surface area contributed by atoms with Crippen molar-refractivity contribution in [2.24, 2.45) is 0 Å². The molecule has 0 unspecified atom stereocenters. The van der Waals surface area contributed by atoms with Gasteiger partial charge < -0.3 is 15.4 Å². The van der Waals surface area contributed by atoms with Gasteiger partial charge in [0.15, 0.2) is 5.78 Å². The van der Waals surface area contributed by atoms with Crippen molar-refractivity contribution in [3.05, 3.63) is 77.1 Å². The number of aryl methyl sites for hydroxylation is 1. The van der Waals surface area contributed by atoms with Crippen LogP contribution in [-0.2, 0) is 6.54 Å². The predicted molar refractivity (Wildman–Crippen MR) is 111 cm³/mol. The summed E-state index contributed by atoms with van der Waals surface area (Å²) in [5.74, 6) is 0.786. The predicted octanol–water partition coefficient (Wildman–Crippen LogP) is 3.67. The van der Waals surface area contributed by atoms with Gasteiger partial charge in [0.1, 0.15) is 11.4 Å². The van der Waals surface area contributed by atoms with E-state index in [1.807, 2.05) is 24.3 Å². The molecule has 1 aromatic heterocycles. The first-order valence-electron chi connectivity index (χ1n) is 9.09. The lowest BCUT2D eigenvalue weighted by molar-refractivity contribution is 0.0945. The molecular weight excluding hydrogens is 368 g/mol. The molecule has 148 valence electrons. The average Bonchev–Trinajstić information content (AvgIpc) is 2.72. The highest BCUT2D eigenvalue weighted by molar-refractivity contribution is 5.94. The summed E-state index contributed by atoms with van der Waals surface area (Å²) in [5.41, 5.74) is 3.24. The summed E-state index contributed by atoms with van der Waals surface area (Å²) >= 11 is 0. The van der Waals surface area contributed by atoms with E-state index < -0.39 is 0 Å². The summed E-state index contributed by atoms with van der Waals surface area (Å²) in [6.45, 7) is 3.69. The Labute approximate surface area is 169 Å². The van der Waals surface area contributed by atoms with Crippen LogP contribution in [0, 0.1) is 6.92 Å². The van der Waals surface area contributed by atoms with Crippen molar-refractivity contribution >= 4 is 23.3 Å². The molecule has 0 saturated carbocycles. The Hall–Kier alpha value is -3.74.